The number of hydrogen-bond donors (Lipinski definition) is 2. The fourth-order valence-electron chi connectivity index (χ4n) is 1.99. The van der Waals surface area contributed by atoms with E-state index in [1.54, 1.807) is 0 Å². The van der Waals surface area contributed by atoms with E-state index in [2.05, 4.69) is 12.2 Å². The van der Waals surface area contributed by atoms with Crippen LogP contribution in [0.3, 0.4) is 0 Å². The molecule has 0 bridgehead atoms. The van der Waals surface area contributed by atoms with Crippen LogP contribution in [0.1, 0.15) is 45.4 Å². The van der Waals surface area contributed by atoms with Crippen molar-refractivity contribution in [2.75, 3.05) is 6.61 Å². The predicted octanol–water partition coefficient (Wildman–Crippen LogP) is 1.68. The Morgan fingerprint density at radius 1 is 1.42 bits per heavy atom. The number of aliphatic hydroxyl groups excluding tert-OH is 1. The smallest absolute Gasteiger partial charge is 0.0445 e. The van der Waals surface area contributed by atoms with Crippen LogP contribution in [0.4, 0.5) is 0 Å². The largest absolute Gasteiger partial charge is 0.396 e. The van der Waals surface area contributed by atoms with Crippen LogP contribution >= 0.6 is 0 Å². The van der Waals surface area contributed by atoms with E-state index in [1.807, 2.05) is 0 Å². The molecule has 0 radical (unpaired) electrons. The van der Waals surface area contributed by atoms with E-state index in [1.165, 1.54) is 25.7 Å². The normalized spacial score (nSPS) is 21.5. The second-order valence-electron chi connectivity index (χ2n) is 3.77. The van der Waals surface area contributed by atoms with Crippen molar-refractivity contribution in [3.8, 4) is 0 Å². The molecular weight excluding hydrogens is 150 g/mol. The summed E-state index contributed by atoms with van der Waals surface area (Å²) in [6.07, 6.45) is 7.48. The Labute approximate surface area is 75.4 Å². The molecule has 0 amide bonds. The molecule has 0 heterocycles. The second-order valence-corrected chi connectivity index (χ2v) is 3.77. The maximum Gasteiger partial charge on any atom is 0.0445 e. The van der Waals surface area contributed by atoms with Gasteiger partial charge in [-0.3, -0.25) is 0 Å². The molecule has 1 saturated carbocycles. The second kappa shape index (κ2) is 5.55. The summed E-state index contributed by atoms with van der Waals surface area (Å²) in [5, 5.41) is 12.4. The third-order valence-electron chi connectivity index (χ3n) is 2.80. The summed E-state index contributed by atoms with van der Waals surface area (Å²) in [5.74, 6) is 0. The number of nitrogens with one attached hydrogen (secondary N) is 1. The molecule has 1 atom stereocenters. The minimum absolute atomic E-state index is 0.318. The first-order valence-corrected chi connectivity index (χ1v) is 5.23. The van der Waals surface area contributed by atoms with E-state index in [0.717, 1.165) is 18.9 Å². The number of aliphatic hydroxyl groups is 1. The average Bonchev–Trinajstić information content (AvgIpc) is 2.56. The summed E-state index contributed by atoms with van der Waals surface area (Å²) in [7, 11) is 0. The van der Waals surface area contributed by atoms with Crippen LogP contribution in [0.25, 0.3) is 0 Å². The van der Waals surface area contributed by atoms with Crippen molar-refractivity contribution in [3.63, 3.8) is 0 Å². The van der Waals surface area contributed by atoms with Crippen molar-refractivity contribution in [1.82, 2.24) is 5.32 Å². The molecule has 72 valence electrons. The van der Waals surface area contributed by atoms with Crippen molar-refractivity contribution in [3.05, 3.63) is 0 Å². The molecule has 1 unspecified atom stereocenters. The van der Waals surface area contributed by atoms with Crippen LogP contribution in [0, 0.1) is 0 Å². The van der Waals surface area contributed by atoms with Gasteiger partial charge in [-0.2, -0.15) is 0 Å². The Morgan fingerprint density at radius 2 is 2.08 bits per heavy atom. The summed E-state index contributed by atoms with van der Waals surface area (Å²) in [6.45, 7) is 2.50. The van der Waals surface area contributed by atoms with E-state index < -0.39 is 0 Å². The Morgan fingerprint density at radius 3 is 2.58 bits per heavy atom. The van der Waals surface area contributed by atoms with Crippen LogP contribution < -0.4 is 5.32 Å². The summed E-state index contributed by atoms with van der Waals surface area (Å²) in [6, 6.07) is 1.28. The lowest BCUT2D eigenvalue weighted by atomic mass is 10.1. The van der Waals surface area contributed by atoms with E-state index in [-0.39, 0.29) is 0 Å². The van der Waals surface area contributed by atoms with Crippen LogP contribution in [0.2, 0.25) is 0 Å². The molecule has 1 fully saturated rings. The van der Waals surface area contributed by atoms with E-state index >= 15 is 0 Å². The molecule has 2 N–H and O–H groups in total. The quantitative estimate of drug-likeness (QED) is 0.659. The monoisotopic (exact) mass is 171 g/mol. The fourth-order valence-corrected chi connectivity index (χ4v) is 1.99. The molecule has 0 aliphatic heterocycles. The SMILES string of the molecule is CCC(CCO)NC1CCCC1. The first-order chi connectivity index (χ1) is 5.86. The average molecular weight is 171 g/mol. The van der Waals surface area contributed by atoms with Gasteiger partial charge in [0, 0.05) is 18.7 Å². The molecule has 12 heavy (non-hydrogen) atoms. The Hall–Kier alpha value is -0.0800. The molecule has 1 aliphatic carbocycles. The minimum Gasteiger partial charge on any atom is -0.396 e. The van der Waals surface area contributed by atoms with E-state index in [0.29, 0.717) is 12.6 Å². The number of hydrogen-bond acceptors (Lipinski definition) is 2. The maximum absolute atomic E-state index is 8.80. The molecule has 1 aliphatic rings. The highest BCUT2D eigenvalue weighted by atomic mass is 16.3. The molecular formula is C10H21NO. The first kappa shape index (κ1) is 10.0. The molecule has 2 nitrogen and oxygen atoms in total. The van der Waals surface area contributed by atoms with Gasteiger partial charge in [0.2, 0.25) is 0 Å². The predicted molar refractivity (Wildman–Crippen MR) is 51.2 cm³/mol. The minimum atomic E-state index is 0.318. The van der Waals surface area contributed by atoms with Gasteiger partial charge in [-0.25, -0.2) is 0 Å². The van der Waals surface area contributed by atoms with Crippen molar-refractivity contribution >= 4 is 0 Å². The standard InChI is InChI=1S/C10H21NO/c1-2-9(7-8-12)11-10-5-3-4-6-10/h9-12H,2-8H2,1H3. The third-order valence-corrected chi connectivity index (χ3v) is 2.80. The van der Waals surface area contributed by atoms with Crippen molar-refractivity contribution in [2.45, 2.75) is 57.5 Å². The summed E-state index contributed by atoms with van der Waals surface area (Å²) >= 11 is 0. The Bertz CT molecular complexity index is 110. The molecule has 0 aromatic carbocycles. The van der Waals surface area contributed by atoms with Crippen LogP contribution in [0.15, 0.2) is 0 Å². The first-order valence-electron chi connectivity index (χ1n) is 5.23. The summed E-state index contributed by atoms with van der Waals surface area (Å²) in [4.78, 5) is 0. The molecule has 0 spiro atoms. The topological polar surface area (TPSA) is 32.3 Å². The number of rotatable bonds is 5. The zero-order valence-electron chi connectivity index (χ0n) is 8.05. The van der Waals surface area contributed by atoms with Gasteiger partial charge in [0.1, 0.15) is 0 Å². The van der Waals surface area contributed by atoms with Gasteiger partial charge >= 0.3 is 0 Å². The van der Waals surface area contributed by atoms with Crippen molar-refractivity contribution in [1.29, 1.82) is 0 Å². The highest BCUT2D eigenvalue weighted by molar-refractivity contribution is 4.77. The zero-order chi connectivity index (χ0) is 8.81. The van der Waals surface area contributed by atoms with E-state index in [4.69, 9.17) is 5.11 Å². The lowest BCUT2D eigenvalue weighted by Gasteiger charge is -2.20. The van der Waals surface area contributed by atoms with Crippen LogP contribution in [-0.4, -0.2) is 23.8 Å². The van der Waals surface area contributed by atoms with Crippen LogP contribution in [-0.2, 0) is 0 Å². The maximum atomic E-state index is 8.80. The van der Waals surface area contributed by atoms with E-state index in [9.17, 15) is 0 Å². The van der Waals surface area contributed by atoms with Gasteiger partial charge in [-0.05, 0) is 25.7 Å². The lowest BCUT2D eigenvalue weighted by molar-refractivity contribution is 0.255. The fraction of sp³-hybridized carbons (Fsp3) is 1.00. The van der Waals surface area contributed by atoms with Crippen molar-refractivity contribution < 1.29 is 5.11 Å². The third kappa shape index (κ3) is 3.11. The van der Waals surface area contributed by atoms with Gasteiger partial charge in [-0.15, -0.1) is 0 Å². The van der Waals surface area contributed by atoms with Gasteiger partial charge in [-0.1, -0.05) is 19.8 Å². The molecule has 1 rings (SSSR count). The summed E-state index contributed by atoms with van der Waals surface area (Å²) < 4.78 is 0. The van der Waals surface area contributed by atoms with Crippen molar-refractivity contribution in [2.24, 2.45) is 0 Å². The molecule has 0 aromatic heterocycles. The highest BCUT2D eigenvalue weighted by Crippen LogP contribution is 2.18. The summed E-state index contributed by atoms with van der Waals surface area (Å²) in [5.41, 5.74) is 0. The highest BCUT2D eigenvalue weighted by Gasteiger charge is 2.17. The Kier molecular flexibility index (Phi) is 4.62. The zero-order valence-corrected chi connectivity index (χ0v) is 8.05. The molecule has 2 heteroatoms. The van der Waals surface area contributed by atoms with Gasteiger partial charge < -0.3 is 10.4 Å². The Balaban J connectivity index is 2.16. The lowest BCUT2D eigenvalue weighted by Crippen LogP contribution is -2.36. The van der Waals surface area contributed by atoms with Gasteiger partial charge in [0.05, 0.1) is 0 Å². The van der Waals surface area contributed by atoms with Gasteiger partial charge in [0.25, 0.3) is 0 Å². The molecule has 0 saturated heterocycles. The van der Waals surface area contributed by atoms with Gasteiger partial charge in [0.15, 0.2) is 0 Å². The molecule has 0 aromatic rings. The van der Waals surface area contributed by atoms with Crippen LogP contribution in [0.5, 0.6) is 0 Å².